The molecule has 102 valence electrons. The normalized spacial score (nSPS) is 18.8. The van der Waals surface area contributed by atoms with Crippen molar-refractivity contribution in [1.29, 1.82) is 0 Å². The Kier molecular flexibility index (Phi) is 4.35. The maximum absolute atomic E-state index is 11.9. The van der Waals surface area contributed by atoms with E-state index in [4.69, 9.17) is 4.74 Å². The maximum Gasteiger partial charge on any atom is 0.306 e. The number of rotatable bonds is 5. The van der Waals surface area contributed by atoms with Crippen molar-refractivity contribution < 1.29 is 14.3 Å². The third kappa shape index (κ3) is 2.70. The molecule has 0 amide bonds. The second kappa shape index (κ2) is 6.00. The van der Waals surface area contributed by atoms with Gasteiger partial charge in [-0.3, -0.25) is 4.79 Å². The molecule has 0 heterocycles. The Morgan fingerprint density at radius 3 is 2.47 bits per heavy atom. The van der Waals surface area contributed by atoms with Gasteiger partial charge in [-0.1, -0.05) is 43.2 Å². The number of esters is 1. The topological polar surface area (TPSA) is 43.4 Å². The average molecular weight is 260 g/mol. The minimum Gasteiger partial charge on any atom is -0.469 e. The highest BCUT2D eigenvalue weighted by Gasteiger charge is 2.43. The highest BCUT2D eigenvalue weighted by atomic mass is 16.5. The molecule has 2 rings (SSSR count). The van der Waals surface area contributed by atoms with Crippen molar-refractivity contribution in [3.8, 4) is 0 Å². The first-order valence-corrected chi connectivity index (χ1v) is 6.81. The van der Waals surface area contributed by atoms with Crippen LogP contribution < -0.4 is 0 Å². The summed E-state index contributed by atoms with van der Waals surface area (Å²) in [5.74, 6) is -0.0747. The summed E-state index contributed by atoms with van der Waals surface area (Å²) >= 11 is 0. The number of carbonyl (C=O) groups excluding carboxylic acids is 2. The van der Waals surface area contributed by atoms with Crippen molar-refractivity contribution in [3.05, 3.63) is 35.9 Å². The van der Waals surface area contributed by atoms with E-state index in [0.717, 1.165) is 37.5 Å². The van der Waals surface area contributed by atoms with E-state index in [1.54, 1.807) is 0 Å². The summed E-state index contributed by atoms with van der Waals surface area (Å²) in [6.45, 7) is 0. The fourth-order valence-electron chi connectivity index (χ4n) is 3.19. The molecule has 1 atom stereocenters. The Labute approximate surface area is 114 Å². The molecule has 1 unspecified atom stereocenters. The minimum absolute atomic E-state index is 0.141. The number of ether oxygens (including phenoxy) is 1. The third-order valence-corrected chi connectivity index (χ3v) is 4.27. The van der Waals surface area contributed by atoms with Crippen LogP contribution in [0.1, 0.15) is 37.7 Å². The number of hydrogen-bond acceptors (Lipinski definition) is 3. The summed E-state index contributed by atoms with van der Waals surface area (Å²) in [6, 6.07) is 9.64. The van der Waals surface area contributed by atoms with E-state index >= 15 is 0 Å². The lowest BCUT2D eigenvalue weighted by molar-refractivity contribution is -0.144. The number of aldehydes is 1. The van der Waals surface area contributed by atoms with Crippen molar-refractivity contribution in [2.45, 2.75) is 37.5 Å². The Morgan fingerprint density at radius 2 is 1.95 bits per heavy atom. The van der Waals surface area contributed by atoms with Gasteiger partial charge < -0.3 is 9.53 Å². The Morgan fingerprint density at radius 1 is 1.32 bits per heavy atom. The van der Waals surface area contributed by atoms with E-state index in [0.29, 0.717) is 0 Å². The van der Waals surface area contributed by atoms with Gasteiger partial charge in [0.2, 0.25) is 0 Å². The van der Waals surface area contributed by atoms with Gasteiger partial charge in [-0.15, -0.1) is 0 Å². The SMILES string of the molecule is COC(=O)CC(C=O)(c1ccccc1)C1CCCC1. The van der Waals surface area contributed by atoms with Crippen LogP contribution in [-0.4, -0.2) is 19.4 Å². The molecule has 0 bridgehead atoms. The quantitative estimate of drug-likeness (QED) is 0.604. The molecule has 0 spiro atoms. The molecule has 1 aliphatic carbocycles. The number of benzene rings is 1. The van der Waals surface area contributed by atoms with E-state index in [1.165, 1.54) is 7.11 Å². The van der Waals surface area contributed by atoms with Gasteiger partial charge in [0.15, 0.2) is 0 Å². The molecule has 0 aromatic heterocycles. The summed E-state index contributed by atoms with van der Waals surface area (Å²) in [4.78, 5) is 23.6. The van der Waals surface area contributed by atoms with Crippen LogP contribution in [-0.2, 0) is 19.7 Å². The first kappa shape index (κ1) is 13.8. The zero-order valence-corrected chi connectivity index (χ0v) is 11.3. The van der Waals surface area contributed by atoms with Gasteiger partial charge in [0, 0.05) is 0 Å². The second-order valence-corrected chi connectivity index (χ2v) is 5.26. The Hall–Kier alpha value is -1.64. The van der Waals surface area contributed by atoms with Crippen LogP contribution in [0.3, 0.4) is 0 Å². The standard InChI is InChI=1S/C16H20O3/c1-19-15(18)11-16(12-17,14-9-5-6-10-14)13-7-3-2-4-8-13/h2-4,7-8,12,14H,5-6,9-11H2,1H3. The lowest BCUT2D eigenvalue weighted by Crippen LogP contribution is -2.38. The second-order valence-electron chi connectivity index (χ2n) is 5.26. The summed E-state index contributed by atoms with van der Waals surface area (Å²) in [7, 11) is 1.37. The number of carbonyl (C=O) groups is 2. The molecule has 3 nitrogen and oxygen atoms in total. The zero-order chi connectivity index (χ0) is 13.7. The molecule has 0 radical (unpaired) electrons. The van der Waals surface area contributed by atoms with Crippen LogP contribution in [0.4, 0.5) is 0 Å². The fraction of sp³-hybridized carbons (Fsp3) is 0.500. The van der Waals surface area contributed by atoms with Crippen molar-refractivity contribution >= 4 is 12.3 Å². The van der Waals surface area contributed by atoms with Crippen LogP contribution in [0.2, 0.25) is 0 Å². The van der Waals surface area contributed by atoms with Gasteiger partial charge in [-0.25, -0.2) is 0 Å². The predicted octanol–water partition coefficient (Wildman–Crippen LogP) is 2.88. The smallest absolute Gasteiger partial charge is 0.306 e. The molecule has 0 saturated heterocycles. The van der Waals surface area contributed by atoms with Crippen LogP contribution >= 0.6 is 0 Å². The molecule has 1 aliphatic rings. The Balaban J connectivity index is 2.40. The molecule has 1 saturated carbocycles. The monoisotopic (exact) mass is 260 g/mol. The first-order valence-electron chi connectivity index (χ1n) is 6.81. The zero-order valence-electron chi connectivity index (χ0n) is 11.3. The van der Waals surface area contributed by atoms with Gasteiger partial charge in [-0.05, 0) is 24.3 Å². The van der Waals surface area contributed by atoms with Gasteiger partial charge in [0.25, 0.3) is 0 Å². The van der Waals surface area contributed by atoms with Gasteiger partial charge in [0.1, 0.15) is 6.29 Å². The van der Waals surface area contributed by atoms with Gasteiger partial charge in [-0.2, -0.15) is 0 Å². The third-order valence-electron chi connectivity index (χ3n) is 4.27. The van der Waals surface area contributed by atoms with E-state index in [-0.39, 0.29) is 18.3 Å². The lowest BCUT2D eigenvalue weighted by atomic mass is 9.68. The predicted molar refractivity (Wildman–Crippen MR) is 72.8 cm³/mol. The van der Waals surface area contributed by atoms with Crippen LogP contribution in [0.15, 0.2) is 30.3 Å². The summed E-state index contributed by atoms with van der Waals surface area (Å²) < 4.78 is 4.79. The Bertz CT molecular complexity index is 435. The van der Waals surface area contributed by atoms with Crippen LogP contribution in [0, 0.1) is 5.92 Å². The van der Waals surface area contributed by atoms with Crippen LogP contribution in [0.25, 0.3) is 0 Å². The molecule has 0 aliphatic heterocycles. The molecule has 3 heteroatoms. The van der Waals surface area contributed by atoms with E-state index in [1.807, 2.05) is 30.3 Å². The highest BCUT2D eigenvalue weighted by molar-refractivity contribution is 5.81. The molecule has 1 aromatic rings. The molecular weight excluding hydrogens is 240 g/mol. The van der Waals surface area contributed by atoms with Crippen LogP contribution in [0.5, 0.6) is 0 Å². The summed E-state index contributed by atoms with van der Waals surface area (Å²) in [5.41, 5.74) is 0.215. The van der Waals surface area contributed by atoms with Gasteiger partial charge >= 0.3 is 5.97 Å². The van der Waals surface area contributed by atoms with Crippen molar-refractivity contribution in [2.24, 2.45) is 5.92 Å². The van der Waals surface area contributed by atoms with E-state index < -0.39 is 5.41 Å². The molecule has 1 aromatic carbocycles. The molecule has 1 fully saturated rings. The minimum atomic E-state index is -0.717. The highest BCUT2D eigenvalue weighted by Crippen LogP contribution is 2.43. The number of hydrogen-bond donors (Lipinski definition) is 0. The molecular formula is C16H20O3. The number of methoxy groups -OCH3 is 1. The average Bonchev–Trinajstić information content (AvgIpc) is 3.00. The summed E-state index contributed by atoms with van der Waals surface area (Å²) in [5, 5.41) is 0. The molecule has 19 heavy (non-hydrogen) atoms. The fourth-order valence-corrected chi connectivity index (χ4v) is 3.19. The summed E-state index contributed by atoms with van der Waals surface area (Å²) in [6.07, 6.45) is 5.38. The van der Waals surface area contributed by atoms with Crippen molar-refractivity contribution in [2.75, 3.05) is 7.11 Å². The van der Waals surface area contributed by atoms with Gasteiger partial charge in [0.05, 0.1) is 18.9 Å². The lowest BCUT2D eigenvalue weighted by Gasteiger charge is -2.33. The van der Waals surface area contributed by atoms with Crippen molar-refractivity contribution in [1.82, 2.24) is 0 Å². The molecule has 0 N–H and O–H groups in total. The van der Waals surface area contributed by atoms with E-state index in [2.05, 4.69) is 0 Å². The largest absolute Gasteiger partial charge is 0.469 e. The van der Waals surface area contributed by atoms with E-state index in [9.17, 15) is 9.59 Å². The maximum atomic E-state index is 11.9. The van der Waals surface area contributed by atoms with Crippen molar-refractivity contribution in [3.63, 3.8) is 0 Å². The first-order chi connectivity index (χ1) is 9.23.